The molecule has 0 radical (unpaired) electrons. The van der Waals surface area contributed by atoms with Crippen molar-refractivity contribution in [2.24, 2.45) is 0 Å². The van der Waals surface area contributed by atoms with E-state index in [4.69, 9.17) is 11.6 Å². The van der Waals surface area contributed by atoms with E-state index < -0.39 is 0 Å². The summed E-state index contributed by atoms with van der Waals surface area (Å²) in [5, 5.41) is 5.71. The molecule has 1 heteroatoms. The van der Waals surface area contributed by atoms with Gasteiger partial charge in [0.15, 0.2) is 0 Å². The van der Waals surface area contributed by atoms with Gasteiger partial charge >= 0.3 is 0 Å². The van der Waals surface area contributed by atoms with Crippen molar-refractivity contribution in [2.45, 2.75) is 6.92 Å². The molecule has 0 aromatic heterocycles. The van der Waals surface area contributed by atoms with Crippen LogP contribution in [0.1, 0.15) is 12.5 Å². The van der Waals surface area contributed by atoms with Gasteiger partial charge in [0, 0.05) is 10.6 Å². The number of hydrogen-bond acceptors (Lipinski definition) is 0. The first-order valence-electron chi connectivity index (χ1n) is 16.7. The van der Waals surface area contributed by atoms with Crippen molar-refractivity contribution in [3.8, 4) is 79.3 Å². The molecule has 8 aromatic rings. The molecule has 0 spiro atoms. The first kappa shape index (κ1) is 31.0. The first-order chi connectivity index (χ1) is 24.6. The third-order valence-corrected chi connectivity index (χ3v) is 9.47. The highest BCUT2D eigenvalue weighted by molar-refractivity contribution is 6.30. The van der Waals surface area contributed by atoms with Gasteiger partial charge < -0.3 is 0 Å². The van der Waals surface area contributed by atoms with E-state index in [1.54, 1.807) is 6.92 Å². The Kier molecular flexibility index (Phi) is 8.47. The van der Waals surface area contributed by atoms with Gasteiger partial charge in [-0.1, -0.05) is 145 Å². The van der Waals surface area contributed by atoms with E-state index in [-0.39, 0.29) is 0 Å². The predicted molar refractivity (Wildman–Crippen MR) is 214 cm³/mol. The van der Waals surface area contributed by atoms with Crippen LogP contribution in [0.2, 0.25) is 5.02 Å². The molecule has 0 nitrogen and oxygen atoms in total. The topological polar surface area (TPSA) is 0 Å². The molecule has 0 unspecified atom stereocenters. The van der Waals surface area contributed by atoms with E-state index in [2.05, 4.69) is 181 Å². The molecule has 0 aliphatic heterocycles. The fourth-order valence-electron chi connectivity index (χ4n) is 6.69. The van der Waals surface area contributed by atoms with Crippen molar-refractivity contribution in [3.05, 3.63) is 180 Å². The van der Waals surface area contributed by atoms with E-state index >= 15 is 0 Å². The van der Waals surface area contributed by atoms with Crippen molar-refractivity contribution in [3.63, 3.8) is 0 Å². The lowest BCUT2D eigenvalue weighted by Gasteiger charge is -2.16. The maximum Gasteiger partial charge on any atom is 0.0406 e. The highest BCUT2D eigenvalue weighted by Crippen LogP contribution is 2.41. The van der Waals surface area contributed by atoms with Crippen LogP contribution in [-0.2, 0) is 0 Å². The van der Waals surface area contributed by atoms with Gasteiger partial charge in [-0.05, 0) is 144 Å². The highest BCUT2D eigenvalue weighted by atomic mass is 35.5. The van der Waals surface area contributed by atoms with E-state index in [1.165, 1.54) is 54.9 Å². The Morgan fingerprint density at radius 1 is 0.380 bits per heavy atom. The zero-order valence-corrected chi connectivity index (χ0v) is 28.3. The molecule has 0 amide bonds. The van der Waals surface area contributed by atoms with Gasteiger partial charge in [-0.3, -0.25) is 0 Å². The van der Waals surface area contributed by atoms with E-state index in [0.717, 1.165) is 32.8 Å². The average molecular weight is 655 g/mol. The quantitative estimate of drug-likeness (QED) is 0.128. The minimum Gasteiger partial charge on any atom is -0.0925 e. The third kappa shape index (κ3) is 6.30. The van der Waals surface area contributed by atoms with Crippen LogP contribution >= 0.6 is 11.6 Å². The van der Waals surface area contributed by atoms with Gasteiger partial charge in [0.05, 0.1) is 0 Å². The number of rotatable bonds is 5. The zero-order valence-electron chi connectivity index (χ0n) is 27.5. The van der Waals surface area contributed by atoms with Crippen LogP contribution in [-0.4, -0.2) is 0 Å². The van der Waals surface area contributed by atoms with Crippen molar-refractivity contribution >= 4 is 33.1 Å². The second-order valence-electron chi connectivity index (χ2n) is 12.4. The lowest BCUT2D eigenvalue weighted by atomic mass is 9.88. The molecule has 8 aromatic carbocycles. The smallest absolute Gasteiger partial charge is 0.0406 e. The normalized spacial score (nSPS) is 10.7. The highest BCUT2D eigenvalue weighted by Gasteiger charge is 2.14. The van der Waals surface area contributed by atoms with Crippen LogP contribution in [0.3, 0.4) is 0 Å². The van der Waals surface area contributed by atoms with Crippen LogP contribution in [0, 0.1) is 23.7 Å². The van der Waals surface area contributed by atoms with Crippen molar-refractivity contribution < 1.29 is 0 Å². The predicted octanol–water partition coefficient (Wildman–Crippen LogP) is 13.4. The number of halogens is 1. The SMILES string of the molecule is CC#CC#Cc1ccc(-c2ccc(-c3cc(-c4ccc(-c5ccc(Cl)cc5)cc4)cc(-c4c5ccccc5cc5ccccc45)c3)cc2)cc1. The zero-order chi connectivity index (χ0) is 33.9. The Hall–Kier alpha value is -6.31. The lowest BCUT2D eigenvalue weighted by molar-refractivity contribution is 1.56. The fourth-order valence-corrected chi connectivity index (χ4v) is 6.82. The third-order valence-electron chi connectivity index (χ3n) is 9.22. The summed E-state index contributed by atoms with van der Waals surface area (Å²) in [6.45, 7) is 1.80. The molecule has 0 saturated heterocycles. The number of hydrogen-bond donors (Lipinski definition) is 0. The molecule has 0 bridgehead atoms. The molecular weight excluding hydrogens is 624 g/mol. The van der Waals surface area contributed by atoms with Crippen LogP contribution in [0.4, 0.5) is 0 Å². The number of benzene rings is 8. The van der Waals surface area contributed by atoms with Crippen LogP contribution < -0.4 is 0 Å². The molecule has 50 heavy (non-hydrogen) atoms. The summed E-state index contributed by atoms with van der Waals surface area (Å²) in [7, 11) is 0. The second kappa shape index (κ2) is 13.7. The lowest BCUT2D eigenvalue weighted by Crippen LogP contribution is -1.90. The van der Waals surface area contributed by atoms with Gasteiger partial charge in [-0.2, -0.15) is 0 Å². The van der Waals surface area contributed by atoms with Gasteiger partial charge in [-0.25, -0.2) is 0 Å². The summed E-state index contributed by atoms with van der Waals surface area (Å²) in [6, 6.07) is 60.8. The summed E-state index contributed by atoms with van der Waals surface area (Å²) in [6.07, 6.45) is 0. The molecule has 234 valence electrons. The molecule has 0 aliphatic carbocycles. The summed E-state index contributed by atoms with van der Waals surface area (Å²) < 4.78 is 0. The maximum atomic E-state index is 6.16. The van der Waals surface area contributed by atoms with Crippen molar-refractivity contribution in [2.75, 3.05) is 0 Å². The van der Waals surface area contributed by atoms with Gasteiger partial charge in [0.25, 0.3) is 0 Å². The Morgan fingerprint density at radius 3 is 1.26 bits per heavy atom. The maximum absolute atomic E-state index is 6.16. The van der Waals surface area contributed by atoms with Crippen LogP contribution in [0.25, 0.3) is 77.2 Å². The number of fused-ring (bicyclic) bond motifs is 2. The summed E-state index contributed by atoms with van der Waals surface area (Å²) >= 11 is 6.16. The molecule has 0 aliphatic rings. The van der Waals surface area contributed by atoms with Crippen LogP contribution in [0.15, 0.2) is 170 Å². The van der Waals surface area contributed by atoms with Gasteiger partial charge in [0.1, 0.15) is 0 Å². The van der Waals surface area contributed by atoms with Crippen molar-refractivity contribution in [1.82, 2.24) is 0 Å². The summed E-state index contributed by atoms with van der Waals surface area (Å²) in [5.74, 6) is 11.6. The molecule has 0 atom stereocenters. The molecule has 8 rings (SSSR count). The van der Waals surface area contributed by atoms with E-state index in [1.807, 2.05) is 12.1 Å². The summed E-state index contributed by atoms with van der Waals surface area (Å²) in [4.78, 5) is 0. The van der Waals surface area contributed by atoms with Gasteiger partial charge in [-0.15, -0.1) is 0 Å². The van der Waals surface area contributed by atoms with Crippen molar-refractivity contribution in [1.29, 1.82) is 0 Å². The van der Waals surface area contributed by atoms with Crippen LogP contribution in [0.5, 0.6) is 0 Å². The van der Waals surface area contributed by atoms with Gasteiger partial charge in [0.2, 0.25) is 0 Å². The Morgan fingerprint density at radius 2 is 0.780 bits per heavy atom. The minimum absolute atomic E-state index is 0.741. The molecule has 0 heterocycles. The Labute approximate surface area is 298 Å². The Balaban J connectivity index is 1.25. The molecular formula is C49H31Cl. The average Bonchev–Trinajstić information content (AvgIpc) is 3.17. The molecule has 0 saturated carbocycles. The summed E-state index contributed by atoms with van der Waals surface area (Å²) in [5.41, 5.74) is 12.7. The Bertz CT molecular complexity index is 2570. The van der Waals surface area contributed by atoms with E-state index in [0.29, 0.717) is 0 Å². The minimum atomic E-state index is 0.741. The first-order valence-corrected chi connectivity index (χ1v) is 17.1. The largest absolute Gasteiger partial charge is 0.0925 e. The fraction of sp³-hybridized carbons (Fsp3) is 0.0204. The van der Waals surface area contributed by atoms with E-state index in [9.17, 15) is 0 Å². The molecule has 0 fully saturated rings. The standard InChI is InChI=1S/C49H31Cl/c1-2-3-4-9-34-14-16-35(17-15-34)36-18-22-39(23-19-36)43-31-44(40-24-20-37(21-25-40)38-26-28-46(50)29-27-38)33-45(32-43)49-47-12-7-5-10-41(47)30-42-11-6-8-13-48(42)49/h5-8,10-33H,1H3. The molecule has 0 N–H and O–H groups in total. The second-order valence-corrected chi connectivity index (χ2v) is 12.8. The monoisotopic (exact) mass is 654 g/mol.